The highest BCUT2D eigenvalue weighted by Gasteiger charge is 2.25. The van der Waals surface area contributed by atoms with E-state index < -0.39 is 6.04 Å². The minimum atomic E-state index is -0.547. The number of ether oxygens (including phenoxy) is 2. The molecule has 0 aliphatic carbocycles. The van der Waals surface area contributed by atoms with E-state index in [-0.39, 0.29) is 11.8 Å². The number of rotatable bonds is 11. The van der Waals surface area contributed by atoms with Crippen LogP contribution in [0.25, 0.3) is 0 Å². The van der Waals surface area contributed by atoms with Gasteiger partial charge in [0.15, 0.2) is 11.5 Å². The molecule has 30 heavy (non-hydrogen) atoms. The molecule has 0 saturated carbocycles. The zero-order chi connectivity index (χ0) is 21.9. The summed E-state index contributed by atoms with van der Waals surface area (Å²) in [7, 11) is 3.18. The number of nitrogens with one attached hydrogen (secondary N) is 1. The SMILES string of the molecule is CCCNC(=O)[C@H](C)N(Cc1ccccc1)C(=O)CCc1ccc(OC)c(OC)c1. The lowest BCUT2D eigenvalue weighted by Crippen LogP contribution is -2.47. The molecule has 1 atom stereocenters. The van der Waals surface area contributed by atoms with E-state index in [0.29, 0.717) is 37.4 Å². The van der Waals surface area contributed by atoms with E-state index in [9.17, 15) is 9.59 Å². The van der Waals surface area contributed by atoms with Gasteiger partial charge in [0.1, 0.15) is 6.04 Å². The molecule has 2 aromatic rings. The minimum absolute atomic E-state index is 0.0622. The monoisotopic (exact) mass is 412 g/mol. The molecule has 0 radical (unpaired) electrons. The summed E-state index contributed by atoms with van der Waals surface area (Å²) in [5.41, 5.74) is 1.97. The van der Waals surface area contributed by atoms with Gasteiger partial charge >= 0.3 is 0 Å². The molecule has 0 fully saturated rings. The summed E-state index contributed by atoms with van der Waals surface area (Å²) in [5.74, 6) is 1.09. The highest BCUT2D eigenvalue weighted by Crippen LogP contribution is 2.28. The molecule has 0 aromatic heterocycles. The highest BCUT2D eigenvalue weighted by molar-refractivity contribution is 5.87. The Balaban J connectivity index is 2.12. The van der Waals surface area contributed by atoms with Crippen molar-refractivity contribution in [3.05, 3.63) is 59.7 Å². The summed E-state index contributed by atoms with van der Waals surface area (Å²) in [6, 6.07) is 14.8. The van der Waals surface area contributed by atoms with Gasteiger partial charge < -0.3 is 19.7 Å². The molecule has 6 heteroatoms. The van der Waals surface area contributed by atoms with Crippen molar-refractivity contribution in [3.8, 4) is 11.5 Å². The van der Waals surface area contributed by atoms with E-state index in [0.717, 1.165) is 17.5 Å². The first-order valence-electron chi connectivity index (χ1n) is 10.3. The Hall–Kier alpha value is -3.02. The molecule has 0 unspecified atom stereocenters. The second kappa shape index (κ2) is 11.9. The van der Waals surface area contributed by atoms with Crippen molar-refractivity contribution in [1.29, 1.82) is 0 Å². The zero-order valence-corrected chi connectivity index (χ0v) is 18.3. The molecule has 0 bridgehead atoms. The zero-order valence-electron chi connectivity index (χ0n) is 18.3. The lowest BCUT2D eigenvalue weighted by Gasteiger charge is -2.29. The Kier molecular flexibility index (Phi) is 9.19. The van der Waals surface area contributed by atoms with E-state index in [1.165, 1.54) is 0 Å². The van der Waals surface area contributed by atoms with E-state index in [2.05, 4.69) is 5.32 Å². The van der Waals surface area contributed by atoms with Gasteiger partial charge in [0.2, 0.25) is 11.8 Å². The first kappa shape index (κ1) is 23.3. The Morgan fingerprint density at radius 1 is 1.00 bits per heavy atom. The fraction of sp³-hybridized carbons (Fsp3) is 0.417. The number of carbonyl (C=O) groups is 2. The maximum absolute atomic E-state index is 13.1. The number of hydrogen-bond donors (Lipinski definition) is 1. The molecule has 0 spiro atoms. The summed E-state index contributed by atoms with van der Waals surface area (Å²) >= 11 is 0. The second-order valence-electron chi connectivity index (χ2n) is 7.16. The standard InChI is InChI=1S/C24H32N2O4/c1-5-15-25-24(28)18(2)26(17-20-9-7-6-8-10-20)23(27)14-12-19-11-13-21(29-3)22(16-19)30-4/h6-11,13,16,18H,5,12,14-15,17H2,1-4H3,(H,25,28)/t18-/m0/s1. The van der Waals surface area contributed by atoms with Gasteiger partial charge in [-0.3, -0.25) is 9.59 Å². The van der Waals surface area contributed by atoms with E-state index in [4.69, 9.17) is 9.47 Å². The van der Waals surface area contributed by atoms with Crippen molar-refractivity contribution in [2.45, 2.75) is 45.7 Å². The van der Waals surface area contributed by atoms with Crippen molar-refractivity contribution in [2.24, 2.45) is 0 Å². The van der Waals surface area contributed by atoms with E-state index in [1.807, 2.05) is 55.5 Å². The van der Waals surface area contributed by atoms with Crippen LogP contribution >= 0.6 is 0 Å². The smallest absolute Gasteiger partial charge is 0.242 e. The van der Waals surface area contributed by atoms with Gasteiger partial charge in [-0.05, 0) is 43.0 Å². The van der Waals surface area contributed by atoms with Gasteiger partial charge in [0.05, 0.1) is 14.2 Å². The Morgan fingerprint density at radius 3 is 2.33 bits per heavy atom. The van der Waals surface area contributed by atoms with Gasteiger partial charge in [-0.2, -0.15) is 0 Å². The molecule has 6 nitrogen and oxygen atoms in total. The minimum Gasteiger partial charge on any atom is -0.493 e. The van der Waals surface area contributed by atoms with Gasteiger partial charge in [-0.15, -0.1) is 0 Å². The van der Waals surface area contributed by atoms with Crippen LogP contribution in [0.15, 0.2) is 48.5 Å². The number of hydrogen-bond acceptors (Lipinski definition) is 4. The van der Waals surface area contributed by atoms with Crippen LogP contribution in [0.5, 0.6) is 11.5 Å². The summed E-state index contributed by atoms with van der Waals surface area (Å²) in [5, 5.41) is 2.89. The molecule has 1 N–H and O–H groups in total. The number of nitrogens with zero attached hydrogens (tertiary/aromatic N) is 1. The molecule has 0 aliphatic heterocycles. The maximum atomic E-state index is 13.1. The van der Waals surface area contributed by atoms with Gasteiger partial charge in [-0.25, -0.2) is 0 Å². The van der Waals surface area contributed by atoms with Crippen LogP contribution in [0.4, 0.5) is 0 Å². The predicted octanol–water partition coefficient (Wildman–Crippen LogP) is 3.58. The van der Waals surface area contributed by atoms with E-state index in [1.54, 1.807) is 26.0 Å². The third-order valence-electron chi connectivity index (χ3n) is 4.99. The lowest BCUT2D eigenvalue weighted by molar-refractivity contribution is -0.140. The molecule has 2 aromatic carbocycles. The summed E-state index contributed by atoms with van der Waals surface area (Å²) in [4.78, 5) is 27.3. The normalized spacial score (nSPS) is 11.5. The Bertz CT molecular complexity index is 823. The molecular formula is C24H32N2O4. The molecule has 0 aliphatic rings. The van der Waals surface area contributed by atoms with Gasteiger partial charge in [0, 0.05) is 19.5 Å². The largest absolute Gasteiger partial charge is 0.493 e. The lowest BCUT2D eigenvalue weighted by atomic mass is 10.1. The summed E-state index contributed by atoms with van der Waals surface area (Å²) in [6.07, 6.45) is 1.70. The fourth-order valence-electron chi connectivity index (χ4n) is 3.19. The quantitative estimate of drug-likeness (QED) is 0.613. The fourth-order valence-corrected chi connectivity index (χ4v) is 3.19. The van der Waals surface area contributed by atoms with Crippen molar-refractivity contribution in [1.82, 2.24) is 10.2 Å². The average Bonchev–Trinajstić information content (AvgIpc) is 2.79. The maximum Gasteiger partial charge on any atom is 0.242 e. The number of methoxy groups -OCH3 is 2. The summed E-state index contributed by atoms with van der Waals surface area (Å²) < 4.78 is 10.6. The average molecular weight is 413 g/mol. The molecular weight excluding hydrogens is 380 g/mol. The van der Waals surface area contributed by atoms with Gasteiger partial charge in [0.25, 0.3) is 0 Å². The van der Waals surface area contributed by atoms with Crippen LogP contribution in [0.2, 0.25) is 0 Å². The molecule has 0 saturated heterocycles. The van der Waals surface area contributed by atoms with Crippen molar-refractivity contribution in [2.75, 3.05) is 20.8 Å². The predicted molar refractivity (Wildman–Crippen MR) is 118 cm³/mol. The number of aryl methyl sites for hydroxylation is 1. The Labute approximate surface area is 179 Å². The third-order valence-corrected chi connectivity index (χ3v) is 4.99. The van der Waals surface area contributed by atoms with Crippen LogP contribution in [0, 0.1) is 0 Å². The first-order chi connectivity index (χ1) is 14.5. The third kappa shape index (κ3) is 6.51. The van der Waals surface area contributed by atoms with Crippen molar-refractivity contribution in [3.63, 3.8) is 0 Å². The van der Waals surface area contributed by atoms with Crippen molar-refractivity contribution < 1.29 is 19.1 Å². The first-order valence-corrected chi connectivity index (χ1v) is 10.3. The van der Waals surface area contributed by atoms with Crippen LogP contribution in [0.3, 0.4) is 0 Å². The van der Waals surface area contributed by atoms with Crippen LogP contribution < -0.4 is 14.8 Å². The molecule has 2 amide bonds. The van der Waals surface area contributed by atoms with Crippen molar-refractivity contribution >= 4 is 11.8 Å². The van der Waals surface area contributed by atoms with Crippen LogP contribution in [-0.2, 0) is 22.6 Å². The van der Waals surface area contributed by atoms with Crippen LogP contribution in [0.1, 0.15) is 37.8 Å². The highest BCUT2D eigenvalue weighted by atomic mass is 16.5. The van der Waals surface area contributed by atoms with Crippen LogP contribution in [-0.4, -0.2) is 43.5 Å². The molecule has 162 valence electrons. The number of carbonyl (C=O) groups excluding carboxylic acids is 2. The number of amides is 2. The number of benzene rings is 2. The topological polar surface area (TPSA) is 67.9 Å². The summed E-state index contributed by atoms with van der Waals surface area (Å²) in [6.45, 7) is 4.78. The molecule has 0 heterocycles. The molecule has 2 rings (SSSR count). The second-order valence-corrected chi connectivity index (χ2v) is 7.16. The van der Waals surface area contributed by atoms with E-state index >= 15 is 0 Å². The Morgan fingerprint density at radius 2 is 1.70 bits per heavy atom. The van der Waals surface area contributed by atoms with Gasteiger partial charge in [-0.1, -0.05) is 43.3 Å².